The second-order valence-electron chi connectivity index (χ2n) is 4.27. The van der Waals surface area contributed by atoms with Crippen molar-refractivity contribution in [2.45, 2.75) is 20.4 Å². The number of hydrogen-bond acceptors (Lipinski definition) is 7. The third-order valence-corrected chi connectivity index (χ3v) is 4.02. The van der Waals surface area contributed by atoms with E-state index < -0.39 is 0 Å². The Morgan fingerprint density at radius 1 is 1.20 bits per heavy atom. The van der Waals surface area contributed by atoms with Crippen LogP contribution in [0, 0.1) is 0 Å². The molecular weight excluding hydrogens is 274 g/mol. The van der Waals surface area contributed by atoms with E-state index in [-0.39, 0.29) is 0 Å². The standard InChI is InChI=1S/C12H15N7S/c1-3-18(4-2)8-10-15-16-12-19(10)17-11(20-12)9-7-13-5-6-14-9/h5-7H,3-4,8H2,1-2H3. The summed E-state index contributed by atoms with van der Waals surface area (Å²) in [5.41, 5.74) is 0.761. The Morgan fingerprint density at radius 3 is 2.75 bits per heavy atom. The molecule has 3 rings (SSSR count). The van der Waals surface area contributed by atoms with E-state index in [1.165, 1.54) is 11.3 Å². The normalized spacial score (nSPS) is 11.6. The van der Waals surface area contributed by atoms with Crippen LogP contribution >= 0.6 is 11.3 Å². The lowest BCUT2D eigenvalue weighted by molar-refractivity contribution is 0.286. The number of aromatic nitrogens is 6. The van der Waals surface area contributed by atoms with Crippen LogP contribution in [0.1, 0.15) is 19.7 Å². The smallest absolute Gasteiger partial charge is 0.235 e. The van der Waals surface area contributed by atoms with Crippen LogP contribution in [0.3, 0.4) is 0 Å². The largest absolute Gasteiger partial charge is 0.296 e. The highest BCUT2D eigenvalue weighted by atomic mass is 32.1. The summed E-state index contributed by atoms with van der Waals surface area (Å²) < 4.78 is 1.80. The lowest BCUT2D eigenvalue weighted by atomic mass is 10.4. The average Bonchev–Trinajstić information content (AvgIpc) is 3.07. The second kappa shape index (κ2) is 5.59. The van der Waals surface area contributed by atoms with E-state index in [2.05, 4.69) is 44.0 Å². The molecule has 0 aromatic carbocycles. The van der Waals surface area contributed by atoms with Crippen molar-refractivity contribution in [2.24, 2.45) is 0 Å². The first-order valence-corrected chi connectivity index (χ1v) is 7.33. The Hall–Kier alpha value is -1.93. The number of hydrogen-bond donors (Lipinski definition) is 0. The van der Waals surface area contributed by atoms with Gasteiger partial charge in [0.1, 0.15) is 5.69 Å². The first kappa shape index (κ1) is 13.1. The van der Waals surface area contributed by atoms with Crippen molar-refractivity contribution in [3.8, 4) is 10.7 Å². The number of fused-ring (bicyclic) bond motifs is 1. The number of rotatable bonds is 5. The van der Waals surface area contributed by atoms with Crippen LogP contribution in [0.15, 0.2) is 18.6 Å². The van der Waals surface area contributed by atoms with Crippen molar-refractivity contribution in [1.29, 1.82) is 0 Å². The monoisotopic (exact) mass is 289 g/mol. The molecule has 0 atom stereocenters. The van der Waals surface area contributed by atoms with Gasteiger partial charge in [-0.1, -0.05) is 25.2 Å². The van der Waals surface area contributed by atoms with E-state index >= 15 is 0 Å². The van der Waals surface area contributed by atoms with Crippen LogP contribution in [0.4, 0.5) is 0 Å². The highest BCUT2D eigenvalue weighted by molar-refractivity contribution is 7.19. The molecule has 0 radical (unpaired) electrons. The van der Waals surface area contributed by atoms with E-state index in [4.69, 9.17) is 0 Å². The molecule has 0 aliphatic carbocycles. The molecule has 8 heteroatoms. The van der Waals surface area contributed by atoms with Crippen molar-refractivity contribution >= 4 is 16.3 Å². The van der Waals surface area contributed by atoms with Gasteiger partial charge in [-0.25, -0.2) is 0 Å². The summed E-state index contributed by atoms with van der Waals surface area (Å²) in [6.07, 6.45) is 5.01. The summed E-state index contributed by atoms with van der Waals surface area (Å²) in [6, 6.07) is 0. The van der Waals surface area contributed by atoms with E-state index in [0.717, 1.165) is 41.1 Å². The second-order valence-corrected chi connectivity index (χ2v) is 5.23. The van der Waals surface area contributed by atoms with Gasteiger partial charge in [0.15, 0.2) is 10.8 Å². The van der Waals surface area contributed by atoms with Crippen molar-refractivity contribution in [2.75, 3.05) is 13.1 Å². The Kier molecular flexibility index (Phi) is 3.66. The lowest BCUT2D eigenvalue weighted by Crippen LogP contribution is -2.23. The molecule has 20 heavy (non-hydrogen) atoms. The van der Waals surface area contributed by atoms with Gasteiger partial charge < -0.3 is 0 Å². The molecular formula is C12H15N7S. The van der Waals surface area contributed by atoms with E-state index in [1.54, 1.807) is 23.1 Å². The molecule has 7 nitrogen and oxygen atoms in total. The van der Waals surface area contributed by atoms with E-state index in [1.807, 2.05) is 0 Å². The molecule has 0 N–H and O–H groups in total. The Balaban J connectivity index is 1.95. The topological polar surface area (TPSA) is 72.1 Å². The van der Waals surface area contributed by atoms with Crippen LogP contribution in [-0.4, -0.2) is 47.8 Å². The van der Waals surface area contributed by atoms with Gasteiger partial charge >= 0.3 is 0 Å². The molecule has 0 bridgehead atoms. The van der Waals surface area contributed by atoms with E-state index in [0.29, 0.717) is 0 Å². The minimum absolute atomic E-state index is 0.748. The zero-order valence-electron chi connectivity index (χ0n) is 11.4. The molecule has 0 aliphatic heterocycles. The third kappa shape index (κ3) is 2.39. The average molecular weight is 289 g/mol. The summed E-state index contributed by atoms with van der Waals surface area (Å²) in [7, 11) is 0. The minimum atomic E-state index is 0.748. The maximum absolute atomic E-state index is 4.55. The molecule has 3 heterocycles. The predicted octanol–water partition coefficient (Wildman–Crippen LogP) is 1.48. The molecule has 0 spiro atoms. The molecule has 0 unspecified atom stereocenters. The highest BCUT2D eigenvalue weighted by Gasteiger charge is 2.15. The van der Waals surface area contributed by atoms with Gasteiger partial charge in [-0.05, 0) is 13.1 Å². The molecule has 0 saturated carbocycles. The minimum Gasteiger partial charge on any atom is -0.296 e. The van der Waals surface area contributed by atoms with Crippen LogP contribution in [0.5, 0.6) is 0 Å². The molecule has 0 saturated heterocycles. The van der Waals surface area contributed by atoms with Gasteiger partial charge in [0.25, 0.3) is 0 Å². The van der Waals surface area contributed by atoms with Gasteiger partial charge in [-0.3, -0.25) is 14.9 Å². The van der Waals surface area contributed by atoms with Crippen molar-refractivity contribution in [3.05, 3.63) is 24.4 Å². The van der Waals surface area contributed by atoms with Gasteiger partial charge in [0.05, 0.1) is 12.7 Å². The summed E-state index contributed by atoms with van der Waals surface area (Å²) in [5, 5.41) is 13.7. The van der Waals surface area contributed by atoms with E-state index in [9.17, 15) is 0 Å². The summed E-state index contributed by atoms with van der Waals surface area (Å²) in [4.78, 5) is 11.4. The molecule has 0 amide bonds. The summed E-state index contributed by atoms with van der Waals surface area (Å²) >= 11 is 1.47. The van der Waals surface area contributed by atoms with Gasteiger partial charge in [-0.15, -0.1) is 10.2 Å². The van der Waals surface area contributed by atoms with Gasteiger partial charge in [0, 0.05) is 12.4 Å². The third-order valence-electron chi connectivity index (χ3n) is 3.10. The quantitative estimate of drug-likeness (QED) is 0.708. The first-order valence-electron chi connectivity index (χ1n) is 6.51. The fourth-order valence-corrected chi connectivity index (χ4v) is 2.74. The molecule has 0 aliphatic rings. The summed E-state index contributed by atoms with van der Waals surface area (Å²) in [6.45, 7) is 6.97. The zero-order chi connectivity index (χ0) is 13.9. The van der Waals surface area contributed by atoms with Crippen molar-refractivity contribution in [1.82, 2.24) is 34.7 Å². The SMILES string of the molecule is CCN(CC)Cc1nnc2sc(-c3cnccn3)nn12. The zero-order valence-corrected chi connectivity index (χ0v) is 12.2. The van der Waals surface area contributed by atoms with Crippen LogP contribution in [0.25, 0.3) is 15.7 Å². The highest BCUT2D eigenvalue weighted by Crippen LogP contribution is 2.23. The van der Waals surface area contributed by atoms with Crippen LogP contribution < -0.4 is 0 Å². The molecule has 3 aromatic rings. The molecule has 3 aromatic heterocycles. The Labute approximate surface area is 120 Å². The van der Waals surface area contributed by atoms with Crippen LogP contribution in [-0.2, 0) is 6.54 Å². The van der Waals surface area contributed by atoms with Crippen molar-refractivity contribution in [3.63, 3.8) is 0 Å². The van der Waals surface area contributed by atoms with Gasteiger partial charge in [-0.2, -0.15) is 9.61 Å². The summed E-state index contributed by atoms with van der Waals surface area (Å²) in [5.74, 6) is 0.857. The predicted molar refractivity (Wildman–Crippen MR) is 76.3 cm³/mol. The maximum Gasteiger partial charge on any atom is 0.235 e. The molecule has 0 fully saturated rings. The fraction of sp³-hybridized carbons (Fsp3) is 0.417. The lowest BCUT2D eigenvalue weighted by Gasteiger charge is -2.15. The Morgan fingerprint density at radius 2 is 2.05 bits per heavy atom. The van der Waals surface area contributed by atoms with Crippen molar-refractivity contribution < 1.29 is 0 Å². The first-order chi connectivity index (χ1) is 9.81. The Bertz CT molecular complexity index is 686. The van der Waals surface area contributed by atoms with Gasteiger partial charge in [0.2, 0.25) is 4.96 Å². The fourth-order valence-electron chi connectivity index (χ4n) is 1.92. The number of nitrogens with zero attached hydrogens (tertiary/aromatic N) is 7. The molecule has 104 valence electrons. The maximum atomic E-state index is 4.55. The van der Waals surface area contributed by atoms with Crippen LogP contribution in [0.2, 0.25) is 0 Å².